The zero-order chi connectivity index (χ0) is 26.6. The van der Waals surface area contributed by atoms with Crippen molar-refractivity contribution >= 4 is 18.0 Å². The molecule has 1 heterocycles. The Labute approximate surface area is 214 Å². The molecule has 2 amide bonds. The molecule has 0 unspecified atom stereocenters. The Kier molecular flexibility index (Phi) is 8.69. The summed E-state index contributed by atoms with van der Waals surface area (Å²) < 4.78 is 5.32. The fraction of sp³-hybridized carbons (Fsp3) is 0.607. The lowest BCUT2D eigenvalue weighted by Crippen LogP contribution is -2.57. The Morgan fingerprint density at radius 3 is 2.39 bits per heavy atom. The molecule has 1 aliphatic carbocycles. The first kappa shape index (κ1) is 27.6. The molecule has 3 rings (SSSR count). The zero-order valence-corrected chi connectivity index (χ0v) is 22.1. The second-order valence-corrected chi connectivity index (χ2v) is 11.5. The molecule has 0 radical (unpaired) electrons. The predicted molar refractivity (Wildman–Crippen MR) is 138 cm³/mol. The lowest BCUT2D eigenvalue weighted by atomic mass is 9.83. The van der Waals surface area contributed by atoms with E-state index in [-0.39, 0.29) is 24.3 Å². The van der Waals surface area contributed by atoms with Crippen LogP contribution in [-0.2, 0) is 20.9 Å². The number of amides is 2. The van der Waals surface area contributed by atoms with E-state index in [2.05, 4.69) is 17.2 Å². The number of rotatable bonds is 9. The number of benzene rings is 1. The second kappa shape index (κ2) is 11.4. The summed E-state index contributed by atoms with van der Waals surface area (Å²) >= 11 is 0. The maximum absolute atomic E-state index is 13.4. The highest BCUT2D eigenvalue weighted by Gasteiger charge is 2.50. The lowest BCUT2D eigenvalue weighted by Gasteiger charge is -2.40. The normalized spacial score (nSPS) is 23.1. The van der Waals surface area contributed by atoms with Gasteiger partial charge >= 0.3 is 12.1 Å². The third-order valence-corrected chi connectivity index (χ3v) is 7.43. The monoisotopic (exact) mass is 499 g/mol. The van der Waals surface area contributed by atoms with Crippen molar-refractivity contribution in [2.75, 3.05) is 6.54 Å². The number of hydrogen-bond donors (Lipinski definition) is 3. The average Bonchev–Trinajstić information content (AvgIpc) is 3.40. The third kappa shape index (κ3) is 6.39. The van der Waals surface area contributed by atoms with Gasteiger partial charge in [-0.1, -0.05) is 78.0 Å². The number of carbonyl (C=O) groups is 3. The molecule has 36 heavy (non-hydrogen) atoms. The molecule has 8 heteroatoms. The van der Waals surface area contributed by atoms with Gasteiger partial charge < -0.3 is 25.4 Å². The third-order valence-electron chi connectivity index (χ3n) is 7.43. The van der Waals surface area contributed by atoms with E-state index in [1.807, 2.05) is 69.9 Å². The zero-order valence-electron chi connectivity index (χ0n) is 22.1. The van der Waals surface area contributed by atoms with E-state index in [1.54, 1.807) is 0 Å². The number of likely N-dealkylation sites (tertiary alicyclic amines) is 1. The average molecular weight is 500 g/mol. The van der Waals surface area contributed by atoms with Crippen LogP contribution in [0.25, 0.3) is 0 Å². The SMILES string of the molecule is C=C([C@@H](NC(=O)[C@@H](NC(=O)OCc1ccccc1)C(C)C)C(C)(C)C)N1C[C@@H]2CCC[C@@H]2[C@H]1C(=O)O. The molecule has 198 valence electrons. The highest BCUT2D eigenvalue weighted by molar-refractivity contribution is 5.86. The standard InChI is InChI=1S/C28H41N3O5/c1-17(2)22(29-27(35)36-16-19-11-8-7-9-12-19)25(32)30-24(28(4,5)6)18(3)31-15-20-13-10-14-21(20)23(31)26(33)34/h7-9,11-12,17,20-24H,3,10,13-16H2,1-2,4-6H3,(H,29,35)(H,30,32)(H,33,34)/t20-,21-,22-,23-,24+/m0/s1. The minimum absolute atomic E-state index is 0.106. The number of carboxylic acids is 1. The summed E-state index contributed by atoms with van der Waals surface area (Å²) in [5.74, 6) is -0.939. The van der Waals surface area contributed by atoms with Crippen LogP contribution in [0.15, 0.2) is 42.6 Å². The van der Waals surface area contributed by atoms with Gasteiger partial charge in [0, 0.05) is 12.2 Å². The van der Waals surface area contributed by atoms with Crippen LogP contribution in [-0.4, -0.2) is 52.6 Å². The first-order chi connectivity index (χ1) is 16.9. The predicted octanol–water partition coefficient (Wildman–Crippen LogP) is 4.17. The number of aliphatic carboxylic acids is 1. The van der Waals surface area contributed by atoms with Gasteiger partial charge in [-0.05, 0) is 41.6 Å². The van der Waals surface area contributed by atoms with Gasteiger partial charge in [0.05, 0.1) is 6.04 Å². The number of hydrogen-bond acceptors (Lipinski definition) is 5. The molecule has 1 saturated heterocycles. The molecule has 2 aliphatic rings. The lowest BCUT2D eigenvalue weighted by molar-refractivity contribution is -0.143. The van der Waals surface area contributed by atoms with Crippen molar-refractivity contribution in [3.05, 3.63) is 48.2 Å². The molecule has 1 saturated carbocycles. The summed E-state index contributed by atoms with van der Waals surface area (Å²) in [4.78, 5) is 40.0. The van der Waals surface area contributed by atoms with E-state index < -0.39 is 35.6 Å². The van der Waals surface area contributed by atoms with Gasteiger partial charge in [-0.3, -0.25) is 4.79 Å². The molecular weight excluding hydrogens is 458 g/mol. The molecule has 0 bridgehead atoms. The summed E-state index contributed by atoms with van der Waals surface area (Å²) in [5, 5.41) is 15.8. The first-order valence-corrected chi connectivity index (χ1v) is 12.9. The smallest absolute Gasteiger partial charge is 0.408 e. The van der Waals surface area contributed by atoms with E-state index in [4.69, 9.17) is 4.74 Å². The largest absolute Gasteiger partial charge is 0.480 e. The molecule has 2 fully saturated rings. The summed E-state index contributed by atoms with van der Waals surface area (Å²) in [5.41, 5.74) is 1.03. The van der Waals surface area contributed by atoms with Crippen LogP contribution in [0.2, 0.25) is 0 Å². The molecule has 0 spiro atoms. The van der Waals surface area contributed by atoms with Gasteiger partial charge in [-0.2, -0.15) is 0 Å². The number of carboxylic acid groups (broad SMARTS) is 1. The van der Waals surface area contributed by atoms with Gasteiger partial charge in [0.2, 0.25) is 5.91 Å². The number of ether oxygens (including phenoxy) is 1. The Morgan fingerprint density at radius 1 is 1.14 bits per heavy atom. The highest BCUT2D eigenvalue weighted by Crippen LogP contribution is 2.44. The van der Waals surface area contributed by atoms with E-state index in [1.165, 1.54) is 0 Å². The Hall–Kier alpha value is -3.03. The van der Waals surface area contributed by atoms with Crippen molar-refractivity contribution in [2.24, 2.45) is 23.2 Å². The molecule has 3 N–H and O–H groups in total. The minimum Gasteiger partial charge on any atom is -0.480 e. The minimum atomic E-state index is -0.840. The summed E-state index contributed by atoms with van der Waals surface area (Å²) in [6.45, 7) is 14.7. The van der Waals surface area contributed by atoms with Crippen molar-refractivity contribution in [2.45, 2.75) is 78.6 Å². The molecule has 1 aliphatic heterocycles. The number of carbonyl (C=O) groups excluding carboxylic acids is 2. The Balaban J connectivity index is 1.70. The maximum Gasteiger partial charge on any atom is 0.408 e. The maximum atomic E-state index is 13.4. The number of nitrogens with one attached hydrogen (secondary N) is 2. The fourth-order valence-electron chi connectivity index (χ4n) is 5.54. The Bertz CT molecular complexity index is 956. The summed E-state index contributed by atoms with van der Waals surface area (Å²) in [6, 6.07) is 7.38. The van der Waals surface area contributed by atoms with Crippen LogP contribution < -0.4 is 10.6 Å². The van der Waals surface area contributed by atoms with E-state index in [9.17, 15) is 19.5 Å². The summed E-state index contributed by atoms with van der Waals surface area (Å²) in [6.07, 6.45) is 2.32. The number of fused-ring (bicyclic) bond motifs is 1. The highest BCUT2D eigenvalue weighted by atomic mass is 16.5. The van der Waals surface area contributed by atoms with Gasteiger partial charge in [0.1, 0.15) is 18.7 Å². The van der Waals surface area contributed by atoms with Crippen LogP contribution in [0.4, 0.5) is 4.79 Å². The molecule has 5 atom stereocenters. The molecule has 0 aromatic heterocycles. The van der Waals surface area contributed by atoms with Crippen LogP contribution in [0.1, 0.15) is 59.4 Å². The van der Waals surface area contributed by atoms with E-state index >= 15 is 0 Å². The summed E-state index contributed by atoms with van der Waals surface area (Å²) in [7, 11) is 0. The molecule has 8 nitrogen and oxygen atoms in total. The van der Waals surface area contributed by atoms with Crippen molar-refractivity contribution in [1.82, 2.24) is 15.5 Å². The van der Waals surface area contributed by atoms with Crippen LogP contribution in [0, 0.1) is 23.2 Å². The Morgan fingerprint density at radius 2 is 1.81 bits per heavy atom. The van der Waals surface area contributed by atoms with E-state index in [0.717, 1.165) is 24.8 Å². The van der Waals surface area contributed by atoms with Gasteiger partial charge in [-0.25, -0.2) is 9.59 Å². The van der Waals surface area contributed by atoms with Crippen molar-refractivity contribution in [3.8, 4) is 0 Å². The van der Waals surface area contributed by atoms with Crippen LogP contribution in [0.3, 0.4) is 0 Å². The molecule has 1 aromatic carbocycles. The molecule has 1 aromatic rings. The van der Waals surface area contributed by atoms with Crippen LogP contribution >= 0.6 is 0 Å². The van der Waals surface area contributed by atoms with Gasteiger partial charge in [-0.15, -0.1) is 0 Å². The fourth-order valence-corrected chi connectivity index (χ4v) is 5.54. The van der Waals surface area contributed by atoms with E-state index in [0.29, 0.717) is 18.2 Å². The van der Waals surface area contributed by atoms with Crippen molar-refractivity contribution in [1.29, 1.82) is 0 Å². The number of nitrogens with zero attached hydrogens (tertiary/aromatic N) is 1. The number of alkyl carbamates (subject to hydrolysis) is 1. The quantitative estimate of drug-likeness (QED) is 0.471. The molecular formula is C28H41N3O5. The topological polar surface area (TPSA) is 108 Å². The first-order valence-electron chi connectivity index (χ1n) is 12.9. The van der Waals surface area contributed by atoms with Crippen molar-refractivity contribution in [3.63, 3.8) is 0 Å². The van der Waals surface area contributed by atoms with Gasteiger partial charge in [0.25, 0.3) is 0 Å². The van der Waals surface area contributed by atoms with Gasteiger partial charge in [0.15, 0.2) is 0 Å². The van der Waals surface area contributed by atoms with Crippen molar-refractivity contribution < 1.29 is 24.2 Å². The van der Waals surface area contributed by atoms with Crippen LogP contribution in [0.5, 0.6) is 0 Å². The second-order valence-electron chi connectivity index (χ2n) is 11.5.